The Labute approximate surface area is 98.7 Å². The topological polar surface area (TPSA) is 47.0 Å². The van der Waals surface area contributed by atoms with Gasteiger partial charge in [0.2, 0.25) is 0 Å². The number of ether oxygens (including phenoxy) is 1. The maximum atomic E-state index is 5.06. The predicted octanol–water partition coefficient (Wildman–Crippen LogP) is 2.66. The Hall–Kier alpha value is -1.20. The Morgan fingerprint density at radius 2 is 2.31 bits per heavy atom. The fourth-order valence-electron chi connectivity index (χ4n) is 1.47. The van der Waals surface area contributed by atoms with Crippen molar-refractivity contribution in [3.8, 4) is 0 Å². The van der Waals surface area contributed by atoms with Crippen molar-refractivity contribution in [2.45, 2.75) is 20.0 Å². The zero-order valence-electron chi connectivity index (χ0n) is 9.49. The highest BCUT2D eigenvalue weighted by Crippen LogP contribution is 2.25. The first-order valence-electron chi connectivity index (χ1n) is 5.32. The molecule has 5 heteroatoms. The lowest BCUT2D eigenvalue weighted by atomic mass is 10.3. The third kappa shape index (κ3) is 2.31. The van der Waals surface area contributed by atoms with Gasteiger partial charge in [0, 0.05) is 13.7 Å². The number of anilines is 1. The van der Waals surface area contributed by atoms with E-state index in [1.165, 1.54) is 0 Å². The van der Waals surface area contributed by atoms with Crippen LogP contribution in [0.4, 0.5) is 5.82 Å². The fraction of sp³-hybridized carbons (Fsp3) is 0.455. The molecule has 86 valence electrons. The standard InChI is InChI=1S/C11H15N3OS/c1-3-5-12-10-8-4-6-16-11(8)14-9(13-10)7-15-2/h4,6H,3,5,7H2,1-2H3,(H,12,13,14). The molecule has 0 unspecified atom stereocenters. The molecule has 0 fully saturated rings. The molecule has 2 aromatic rings. The first-order valence-corrected chi connectivity index (χ1v) is 6.20. The number of hydrogen-bond donors (Lipinski definition) is 1. The molecular formula is C11H15N3OS. The summed E-state index contributed by atoms with van der Waals surface area (Å²) in [5, 5.41) is 6.45. The molecule has 0 atom stereocenters. The van der Waals surface area contributed by atoms with Gasteiger partial charge in [-0.05, 0) is 17.9 Å². The average molecular weight is 237 g/mol. The van der Waals surface area contributed by atoms with Crippen molar-refractivity contribution in [2.75, 3.05) is 19.0 Å². The molecule has 2 aromatic heterocycles. The van der Waals surface area contributed by atoms with Gasteiger partial charge in [-0.3, -0.25) is 0 Å². The summed E-state index contributed by atoms with van der Waals surface area (Å²) in [6, 6.07) is 2.05. The van der Waals surface area contributed by atoms with Gasteiger partial charge in [0.05, 0.1) is 5.39 Å². The lowest BCUT2D eigenvalue weighted by molar-refractivity contribution is 0.178. The molecule has 0 aliphatic carbocycles. The second-order valence-corrected chi connectivity index (χ2v) is 4.38. The van der Waals surface area contributed by atoms with Crippen LogP contribution < -0.4 is 5.32 Å². The van der Waals surface area contributed by atoms with Crippen LogP contribution in [0.25, 0.3) is 10.2 Å². The van der Waals surface area contributed by atoms with Gasteiger partial charge in [0.15, 0.2) is 5.82 Å². The van der Waals surface area contributed by atoms with E-state index in [9.17, 15) is 0 Å². The number of nitrogens with zero attached hydrogens (tertiary/aromatic N) is 2. The van der Waals surface area contributed by atoms with Gasteiger partial charge in [-0.15, -0.1) is 11.3 Å². The SMILES string of the molecule is CCCNc1nc(COC)nc2sccc12. The third-order valence-corrected chi connectivity index (χ3v) is 2.99. The van der Waals surface area contributed by atoms with Crippen LogP contribution in [0.1, 0.15) is 19.2 Å². The van der Waals surface area contributed by atoms with E-state index in [4.69, 9.17) is 4.74 Å². The molecule has 0 saturated carbocycles. The number of rotatable bonds is 5. The zero-order chi connectivity index (χ0) is 11.4. The molecule has 16 heavy (non-hydrogen) atoms. The second-order valence-electron chi connectivity index (χ2n) is 3.49. The Morgan fingerprint density at radius 1 is 1.44 bits per heavy atom. The van der Waals surface area contributed by atoms with E-state index in [0.717, 1.165) is 34.8 Å². The third-order valence-electron chi connectivity index (χ3n) is 2.19. The van der Waals surface area contributed by atoms with Crippen LogP contribution >= 0.6 is 11.3 Å². The van der Waals surface area contributed by atoms with Crippen molar-refractivity contribution in [1.29, 1.82) is 0 Å². The summed E-state index contributed by atoms with van der Waals surface area (Å²) in [5.41, 5.74) is 0. The van der Waals surface area contributed by atoms with E-state index in [0.29, 0.717) is 6.61 Å². The number of nitrogens with one attached hydrogen (secondary N) is 1. The van der Waals surface area contributed by atoms with Gasteiger partial charge in [-0.25, -0.2) is 9.97 Å². The molecule has 0 radical (unpaired) electrons. The second kappa shape index (κ2) is 5.23. The van der Waals surface area contributed by atoms with Crippen molar-refractivity contribution in [3.63, 3.8) is 0 Å². The van der Waals surface area contributed by atoms with Crippen LogP contribution in [0.3, 0.4) is 0 Å². The first-order chi connectivity index (χ1) is 7.85. The van der Waals surface area contributed by atoms with Gasteiger partial charge in [0.1, 0.15) is 17.3 Å². The molecule has 1 N–H and O–H groups in total. The minimum Gasteiger partial charge on any atom is -0.377 e. The molecule has 0 aliphatic rings. The van der Waals surface area contributed by atoms with E-state index in [-0.39, 0.29) is 0 Å². The minimum absolute atomic E-state index is 0.453. The quantitative estimate of drug-likeness (QED) is 0.868. The zero-order valence-corrected chi connectivity index (χ0v) is 10.3. The van der Waals surface area contributed by atoms with Crippen LogP contribution in [-0.2, 0) is 11.3 Å². The maximum absolute atomic E-state index is 5.06. The summed E-state index contributed by atoms with van der Waals surface area (Å²) >= 11 is 1.63. The molecular weight excluding hydrogens is 222 g/mol. The summed E-state index contributed by atoms with van der Waals surface area (Å²) in [6.07, 6.45) is 1.08. The number of hydrogen-bond acceptors (Lipinski definition) is 5. The highest BCUT2D eigenvalue weighted by Gasteiger charge is 2.07. The largest absolute Gasteiger partial charge is 0.377 e. The van der Waals surface area contributed by atoms with Crippen LogP contribution in [0.2, 0.25) is 0 Å². The Kier molecular flexibility index (Phi) is 3.69. The van der Waals surface area contributed by atoms with Crippen LogP contribution in [0.5, 0.6) is 0 Å². The van der Waals surface area contributed by atoms with Gasteiger partial charge < -0.3 is 10.1 Å². The lowest BCUT2D eigenvalue weighted by Crippen LogP contribution is -2.05. The van der Waals surface area contributed by atoms with E-state index < -0.39 is 0 Å². The number of fused-ring (bicyclic) bond motifs is 1. The maximum Gasteiger partial charge on any atom is 0.158 e. The Balaban J connectivity index is 2.38. The molecule has 0 saturated heterocycles. The fourth-order valence-corrected chi connectivity index (χ4v) is 2.25. The number of methoxy groups -OCH3 is 1. The molecule has 0 bridgehead atoms. The summed E-state index contributed by atoms with van der Waals surface area (Å²) in [6.45, 7) is 3.51. The summed E-state index contributed by atoms with van der Waals surface area (Å²) in [4.78, 5) is 9.91. The summed E-state index contributed by atoms with van der Waals surface area (Å²) in [5.74, 6) is 1.65. The van der Waals surface area contributed by atoms with Crippen molar-refractivity contribution in [2.24, 2.45) is 0 Å². The highest BCUT2D eigenvalue weighted by atomic mass is 32.1. The van der Waals surface area contributed by atoms with Crippen LogP contribution in [0, 0.1) is 0 Å². The van der Waals surface area contributed by atoms with Crippen LogP contribution in [-0.4, -0.2) is 23.6 Å². The normalized spacial score (nSPS) is 10.9. The van der Waals surface area contributed by atoms with Crippen LogP contribution in [0.15, 0.2) is 11.4 Å². The molecule has 0 spiro atoms. The molecule has 2 heterocycles. The van der Waals surface area contributed by atoms with Crippen molar-refractivity contribution in [3.05, 3.63) is 17.3 Å². The molecule has 4 nitrogen and oxygen atoms in total. The lowest BCUT2D eigenvalue weighted by Gasteiger charge is -2.07. The smallest absolute Gasteiger partial charge is 0.158 e. The molecule has 0 aromatic carbocycles. The van der Waals surface area contributed by atoms with Gasteiger partial charge >= 0.3 is 0 Å². The Morgan fingerprint density at radius 3 is 3.06 bits per heavy atom. The predicted molar refractivity (Wildman–Crippen MR) is 66.9 cm³/mol. The van der Waals surface area contributed by atoms with E-state index in [2.05, 4.69) is 28.3 Å². The van der Waals surface area contributed by atoms with Gasteiger partial charge in [-0.1, -0.05) is 6.92 Å². The van der Waals surface area contributed by atoms with E-state index in [1.54, 1.807) is 18.4 Å². The molecule has 0 aliphatic heterocycles. The average Bonchev–Trinajstić information content (AvgIpc) is 2.74. The highest BCUT2D eigenvalue weighted by molar-refractivity contribution is 7.16. The van der Waals surface area contributed by atoms with Crippen molar-refractivity contribution in [1.82, 2.24) is 9.97 Å². The summed E-state index contributed by atoms with van der Waals surface area (Å²) < 4.78 is 5.06. The van der Waals surface area contributed by atoms with Crippen molar-refractivity contribution < 1.29 is 4.74 Å². The Bertz CT molecular complexity index is 469. The summed E-state index contributed by atoms with van der Waals surface area (Å²) in [7, 11) is 1.65. The van der Waals surface area contributed by atoms with E-state index >= 15 is 0 Å². The molecule has 2 rings (SSSR count). The number of thiophene rings is 1. The van der Waals surface area contributed by atoms with Crippen molar-refractivity contribution >= 4 is 27.4 Å². The van der Waals surface area contributed by atoms with E-state index in [1.807, 2.05) is 5.38 Å². The monoisotopic (exact) mass is 237 g/mol. The molecule has 0 amide bonds. The minimum atomic E-state index is 0.453. The van der Waals surface area contributed by atoms with Gasteiger partial charge in [-0.2, -0.15) is 0 Å². The number of aromatic nitrogens is 2. The first kappa shape index (κ1) is 11.3. The van der Waals surface area contributed by atoms with Gasteiger partial charge in [0.25, 0.3) is 0 Å².